The van der Waals surface area contributed by atoms with Crippen molar-refractivity contribution in [2.24, 2.45) is 5.92 Å². The minimum absolute atomic E-state index is 0.0715. The number of halogens is 1. The highest BCUT2D eigenvalue weighted by atomic mass is 79.9. The van der Waals surface area contributed by atoms with E-state index in [-0.39, 0.29) is 11.6 Å². The van der Waals surface area contributed by atoms with E-state index in [1.165, 1.54) is 12.1 Å². The summed E-state index contributed by atoms with van der Waals surface area (Å²) in [6.07, 6.45) is 1.92. The monoisotopic (exact) mass is 355 g/mol. The Bertz CT molecular complexity index is 542. The first kappa shape index (κ1) is 15.9. The summed E-state index contributed by atoms with van der Waals surface area (Å²) in [6, 6.07) is 4.37. The van der Waals surface area contributed by atoms with Gasteiger partial charge in [0.1, 0.15) is 0 Å². The number of hydrogen-bond donors (Lipinski definition) is 1. The van der Waals surface area contributed by atoms with Crippen LogP contribution in [-0.4, -0.2) is 42.4 Å². The summed E-state index contributed by atoms with van der Waals surface area (Å²) in [5.41, 5.74) is 0.293. The van der Waals surface area contributed by atoms with Gasteiger partial charge in [0.2, 0.25) is 0 Å². The molecule has 0 saturated carbocycles. The molecule has 1 aromatic rings. The largest absolute Gasteiger partial charge is 0.339 e. The quantitative estimate of drug-likeness (QED) is 0.664. The lowest BCUT2D eigenvalue weighted by Crippen LogP contribution is -2.40. The Morgan fingerprint density at radius 3 is 2.67 bits per heavy atom. The molecule has 1 fully saturated rings. The molecule has 0 aliphatic carbocycles. The molecule has 0 spiro atoms. The Kier molecular flexibility index (Phi) is 5.30. The smallest absolute Gasteiger partial charge is 0.271 e. The zero-order valence-electron chi connectivity index (χ0n) is 11.8. The van der Waals surface area contributed by atoms with E-state index in [4.69, 9.17) is 0 Å². The summed E-state index contributed by atoms with van der Waals surface area (Å²) in [6.45, 7) is 2.36. The fraction of sp³-hybridized carbons (Fsp3) is 0.500. The zero-order chi connectivity index (χ0) is 15.4. The van der Waals surface area contributed by atoms with Crippen LogP contribution in [0.3, 0.4) is 0 Å². The van der Waals surface area contributed by atoms with Gasteiger partial charge in [-0.3, -0.25) is 14.9 Å². The van der Waals surface area contributed by atoms with Crippen molar-refractivity contribution in [1.82, 2.24) is 10.2 Å². The second-order valence-corrected chi connectivity index (χ2v) is 6.16. The number of carbonyl (C=O) groups excluding carboxylic acids is 1. The molecule has 0 unspecified atom stereocenters. The van der Waals surface area contributed by atoms with Crippen LogP contribution in [-0.2, 0) is 0 Å². The number of nitro groups is 1. The van der Waals surface area contributed by atoms with Gasteiger partial charge in [-0.05, 0) is 38.4 Å². The molecule has 6 nitrogen and oxygen atoms in total. The first-order valence-electron chi connectivity index (χ1n) is 6.90. The molecule has 1 aliphatic heterocycles. The van der Waals surface area contributed by atoms with Gasteiger partial charge in [-0.2, -0.15) is 0 Å². The van der Waals surface area contributed by atoms with Crippen molar-refractivity contribution in [3.8, 4) is 0 Å². The van der Waals surface area contributed by atoms with E-state index in [1.807, 2.05) is 7.05 Å². The van der Waals surface area contributed by atoms with Crippen LogP contribution in [0.25, 0.3) is 0 Å². The van der Waals surface area contributed by atoms with Crippen LogP contribution in [0, 0.1) is 16.0 Å². The first-order chi connectivity index (χ1) is 10.0. The number of carbonyl (C=O) groups is 1. The van der Waals surface area contributed by atoms with Gasteiger partial charge in [0.15, 0.2) is 0 Å². The van der Waals surface area contributed by atoms with E-state index in [1.54, 1.807) is 11.0 Å². The number of nitrogens with zero attached hydrogens (tertiary/aromatic N) is 2. The lowest BCUT2D eigenvalue weighted by Gasteiger charge is -2.32. The summed E-state index contributed by atoms with van der Waals surface area (Å²) in [4.78, 5) is 24.6. The van der Waals surface area contributed by atoms with E-state index in [0.29, 0.717) is 29.0 Å². The summed E-state index contributed by atoms with van der Waals surface area (Å²) in [5, 5.41) is 14.0. The fourth-order valence-electron chi connectivity index (χ4n) is 2.61. The predicted molar refractivity (Wildman–Crippen MR) is 83.4 cm³/mol. The number of nitrogens with one attached hydrogen (secondary N) is 1. The molecule has 114 valence electrons. The van der Waals surface area contributed by atoms with Crippen LogP contribution < -0.4 is 5.32 Å². The Morgan fingerprint density at radius 2 is 2.10 bits per heavy atom. The van der Waals surface area contributed by atoms with E-state index in [2.05, 4.69) is 21.2 Å². The molecule has 2 rings (SSSR count). The molecule has 0 aromatic heterocycles. The van der Waals surface area contributed by atoms with E-state index in [9.17, 15) is 14.9 Å². The van der Waals surface area contributed by atoms with Crippen LogP contribution in [0.15, 0.2) is 22.7 Å². The predicted octanol–water partition coefficient (Wildman–Crippen LogP) is 2.43. The molecule has 0 radical (unpaired) electrons. The zero-order valence-corrected chi connectivity index (χ0v) is 13.4. The lowest BCUT2D eigenvalue weighted by molar-refractivity contribution is -0.385. The van der Waals surface area contributed by atoms with Crippen molar-refractivity contribution in [3.63, 3.8) is 0 Å². The third kappa shape index (κ3) is 4.01. The number of piperidine rings is 1. The average molecular weight is 356 g/mol. The number of amides is 1. The summed E-state index contributed by atoms with van der Waals surface area (Å²) in [7, 11) is 1.93. The van der Waals surface area contributed by atoms with Gasteiger partial charge in [0.25, 0.3) is 11.6 Å². The van der Waals surface area contributed by atoms with Crippen LogP contribution in [0.5, 0.6) is 0 Å². The van der Waals surface area contributed by atoms with Crippen LogP contribution in [0.4, 0.5) is 5.69 Å². The average Bonchev–Trinajstić information content (AvgIpc) is 2.47. The molecule has 7 heteroatoms. The summed E-state index contributed by atoms with van der Waals surface area (Å²) >= 11 is 3.22. The van der Waals surface area contributed by atoms with Crippen molar-refractivity contribution in [2.45, 2.75) is 12.8 Å². The third-order valence-electron chi connectivity index (χ3n) is 3.73. The SMILES string of the molecule is CNCC1CCN(C(=O)c2cc(Br)cc([N+](=O)[O-])c2)CC1. The Hall–Kier alpha value is -1.47. The topological polar surface area (TPSA) is 75.5 Å². The molecule has 0 atom stereocenters. The normalized spacial score (nSPS) is 16.0. The first-order valence-corrected chi connectivity index (χ1v) is 7.69. The van der Waals surface area contributed by atoms with Gasteiger partial charge in [-0.1, -0.05) is 15.9 Å². The third-order valence-corrected chi connectivity index (χ3v) is 4.19. The van der Waals surface area contributed by atoms with Gasteiger partial charge in [0, 0.05) is 35.3 Å². The van der Waals surface area contributed by atoms with E-state index < -0.39 is 4.92 Å². The molecular formula is C14H18BrN3O3. The number of hydrogen-bond acceptors (Lipinski definition) is 4. The molecule has 1 N–H and O–H groups in total. The number of rotatable bonds is 4. The van der Waals surface area contributed by atoms with Crippen LogP contribution >= 0.6 is 15.9 Å². The van der Waals surface area contributed by atoms with E-state index >= 15 is 0 Å². The molecule has 1 heterocycles. The van der Waals surface area contributed by atoms with Crippen molar-refractivity contribution in [3.05, 3.63) is 38.3 Å². The Labute approximate surface area is 131 Å². The molecular weight excluding hydrogens is 338 g/mol. The van der Waals surface area contributed by atoms with Crippen molar-refractivity contribution >= 4 is 27.5 Å². The summed E-state index contributed by atoms with van der Waals surface area (Å²) in [5.74, 6) is 0.457. The molecule has 1 aromatic carbocycles. The minimum Gasteiger partial charge on any atom is -0.339 e. The highest BCUT2D eigenvalue weighted by Gasteiger charge is 2.24. The summed E-state index contributed by atoms with van der Waals surface area (Å²) < 4.78 is 0.546. The molecule has 0 bridgehead atoms. The van der Waals surface area contributed by atoms with Gasteiger partial charge < -0.3 is 10.2 Å². The highest BCUT2D eigenvalue weighted by molar-refractivity contribution is 9.10. The van der Waals surface area contributed by atoms with E-state index in [0.717, 1.165) is 19.4 Å². The Morgan fingerprint density at radius 1 is 1.43 bits per heavy atom. The van der Waals surface area contributed by atoms with Crippen molar-refractivity contribution < 1.29 is 9.72 Å². The maximum Gasteiger partial charge on any atom is 0.271 e. The highest BCUT2D eigenvalue weighted by Crippen LogP contribution is 2.24. The number of benzene rings is 1. The van der Waals surface area contributed by atoms with Gasteiger partial charge >= 0.3 is 0 Å². The number of nitro benzene ring substituents is 1. The maximum absolute atomic E-state index is 12.5. The standard InChI is InChI=1S/C14H18BrN3O3/c1-16-9-10-2-4-17(5-3-10)14(19)11-6-12(15)8-13(7-11)18(20)21/h6-8,10,16H,2-5,9H2,1H3. The fourth-order valence-corrected chi connectivity index (χ4v) is 3.10. The molecule has 1 saturated heterocycles. The second kappa shape index (κ2) is 7.00. The van der Waals surface area contributed by atoms with Gasteiger partial charge in [-0.15, -0.1) is 0 Å². The van der Waals surface area contributed by atoms with Gasteiger partial charge in [0.05, 0.1) is 4.92 Å². The van der Waals surface area contributed by atoms with Crippen LogP contribution in [0.1, 0.15) is 23.2 Å². The molecule has 21 heavy (non-hydrogen) atoms. The Balaban J connectivity index is 2.09. The van der Waals surface area contributed by atoms with Crippen molar-refractivity contribution in [1.29, 1.82) is 0 Å². The second-order valence-electron chi connectivity index (χ2n) is 5.25. The molecule has 1 aliphatic rings. The minimum atomic E-state index is -0.485. The lowest BCUT2D eigenvalue weighted by atomic mass is 9.96. The van der Waals surface area contributed by atoms with Crippen LogP contribution in [0.2, 0.25) is 0 Å². The van der Waals surface area contributed by atoms with Crippen molar-refractivity contribution in [2.75, 3.05) is 26.7 Å². The number of non-ortho nitro benzene ring substituents is 1. The number of likely N-dealkylation sites (tertiary alicyclic amines) is 1. The maximum atomic E-state index is 12.5. The van der Waals surface area contributed by atoms with Gasteiger partial charge in [-0.25, -0.2) is 0 Å². The molecule has 1 amide bonds.